The summed E-state index contributed by atoms with van der Waals surface area (Å²) in [5.74, 6) is 1.96. The molecule has 1 saturated carbocycles. The van der Waals surface area contributed by atoms with Crippen molar-refractivity contribution in [3.8, 4) is 0 Å². The molecule has 0 aliphatic heterocycles. The number of aryl methyl sites for hydroxylation is 1. The van der Waals surface area contributed by atoms with Crippen LogP contribution in [0.25, 0.3) is 5.65 Å². The largest absolute Gasteiger partial charge is 0.390 e. The Balaban J connectivity index is 1.40. The Morgan fingerprint density at radius 2 is 2.11 bits per heavy atom. The number of nitrogens with one attached hydrogen (secondary N) is 1. The van der Waals surface area contributed by atoms with Crippen LogP contribution in [0.2, 0.25) is 0 Å². The van der Waals surface area contributed by atoms with Crippen molar-refractivity contribution in [1.82, 2.24) is 14.6 Å². The molecule has 7 nitrogen and oxygen atoms in total. The van der Waals surface area contributed by atoms with E-state index in [4.69, 9.17) is 10.6 Å². The Bertz CT molecular complexity index is 958. The molecule has 4 rings (SSSR count). The number of hydrogen-bond donors (Lipinski definition) is 2. The van der Waals surface area contributed by atoms with E-state index in [2.05, 4.69) is 51.7 Å². The minimum absolute atomic E-state index is 0.123. The highest BCUT2D eigenvalue weighted by Crippen LogP contribution is 2.28. The van der Waals surface area contributed by atoms with Gasteiger partial charge in [-0.25, -0.2) is 4.98 Å². The number of rotatable bonds is 7. The number of hydrogen-bond acceptors (Lipinski definition) is 5. The summed E-state index contributed by atoms with van der Waals surface area (Å²) < 4.78 is 1.81. The lowest BCUT2D eigenvalue weighted by Gasteiger charge is -2.17. The molecule has 0 spiro atoms. The Hall–Kier alpha value is -3.09. The summed E-state index contributed by atoms with van der Waals surface area (Å²) in [6, 6.07) is 12.3. The average Bonchev–Trinajstić information content (AvgIpc) is 3.40. The number of fused-ring (bicyclic) bond motifs is 1. The van der Waals surface area contributed by atoms with E-state index in [0.29, 0.717) is 18.4 Å². The van der Waals surface area contributed by atoms with Gasteiger partial charge in [0.05, 0.1) is 6.20 Å². The van der Waals surface area contributed by atoms with Crippen LogP contribution in [0, 0.1) is 12.8 Å². The quantitative estimate of drug-likeness (QED) is 0.381. The highest BCUT2D eigenvalue weighted by molar-refractivity contribution is 5.84. The van der Waals surface area contributed by atoms with Crippen molar-refractivity contribution < 1.29 is 4.84 Å². The molecule has 1 fully saturated rings. The lowest BCUT2D eigenvalue weighted by molar-refractivity contribution is 0.129. The normalized spacial score (nSPS) is 15.7. The van der Waals surface area contributed by atoms with Crippen LogP contribution in [0.4, 0.5) is 5.82 Å². The van der Waals surface area contributed by atoms with Gasteiger partial charge in [-0.15, -0.1) is 0 Å². The zero-order valence-electron chi connectivity index (χ0n) is 15.6. The van der Waals surface area contributed by atoms with Crippen molar-refractivity contribution in [2.45, 2.75) is 39.3 Å². The van der Waals surface area contributed by atoms with Crippen molar-refractivity contribution in [1.29, 1.82) is 0 Å². The van der Waals surface area contributed by atoms with Crippen molar-refractivity contribution in [2.24, 2.45) is 16.8 Å². The van der Waals surface area contributed by atoms with Crippen LogP contribution in [0.3, 0.4) is 0 Å². The van der Waals surface area contributed by atoms with E-state index >= 15 is 0 Å². The SMILES string of the molecule is Cc1cc(N[C@@H](C)c2ccc(CO/N=C(\N)C3CC3)cc2)n2nccc2n1. The van der Waals surface area contributed by atoms with Crippen LogP contribution in [0.5, 0.6) is 0 Å². The van der Waals surface area contributed by atoms with Crippen LogP contribution < -0.4 is 11.1 Å². The molecule has 2 heterocycles. The Morgan fingerprint density at radius 1 is 1.33 bits per heavy atom. The van der Waals surface area contributed by atoms with E-state index in [1.807, 2.05) is 23.6 Å². The van der Waals surface area contributed by atoms with Crippen LogP contribution in [0.15, 0.2) is 47.8 Å². The molecule has 0 saturated heterocycles. The standard InChI is InChI=1S/C20H24N6O/c1-13-11-19(26-18(23-13)9-10-22-26)24-14(2)16-5-3-15(4-6-16)12-27-25-20(21)17-7-8-17/h3-6,9-11,14,17,24H,7-8,12H2,1-2H3,(H2,21,25)/t14-/m0/s1. The molecule has 0 amide bonds. The third-order valence-corrected chi connectivity index (χ3v) is 4.73. The number of benzene rings is 1. The number of anilines is 1. The molecule has 2 aromatic heterocycles. The average molecular weight is 364 g/mol. The first-order valence-electron chi connectivity index (χ1n) is 9.22. The molecular formula is C20H24N6O. The molecular weight excluding hydrogens is 340 g/mol. The van der Waals surface area contributed by atoms with Gasteiger partial charge in [0, 0.05) is 29.8 Å². The number of nitrogens with two attached hydrogens (primary N) is 1. The van der Waals surface area contributed by atoms with Gasteiger partial charge in [-0.1, -0.05) is 29.4 Å². The molecule has 3 aromatic rings. The molecule has 1 aliphatic carbocycles. The van der Waals surface area contributed by atoms with Crippen molar-refractivity contribution in [3.63, 3.8) is 0 Å². The molecule has 7 heteroatoms. The summed E-state index contributed by atoms with van der Waals surface area (Å²) in [5, 5.41) is 11.8. The van der Waals surface area contributed by atoms with Gasteiger partial charge in [0.1, 0.15) is 18.3 Å². The molecule has 0 unspecified atom stereocenters. The number of aromatic nitrogens is 3. The maximum atomic E-state index is 5.83. The summed E-state index contributed by atoms with van der Waals surface area (Å²) in [4.78, 5) is 9.83. The minimum atomic E-state index is 0.123. The van der Waals surface area contributed by atoms with Gasteiger partial charge in [-0.05, 0) is 37.8 Å². The third-order valence-electron chi connectivity index (χ3n) is 4.73. The van der Waals surface area contributed by atoms with Gasteiger partial charge in [-0.3, -0.25) is 0 Å². The van der Waals surface area contributed by atoms with Gasteiger partial charge in [-0.2, -0.15) is 9.61 Å². The monoisotopic (exact) mass is 364 g/mol. The lowest BCUT2D eigenvalue weighted by atomic mass is 10.1. The van der Waals surface area contributed by atoms with E-state index < -0.39 is 0 Å². The number of oxime groups is 1. The summed E-state index contributed by atoms with van der Waals surface area (Å²) >= 11 is 0. The number of nitrogens with zero attached hydrogens (tertiary/aromatic N) is 4. The van der Waals surface area contributed by atoms with Crippen molar-refractivity contribution >= 4 is 17.3 Å². The maximum absolute atomic E-state index is 5.83. The summed E-state index contributed by atoms with van der Waals surface area (Å²) in [6.45, 7) is 4.53. The van der Waals surface area contributed by atoms with E-state index in [-0.39, 0.29) is 6.04 Å². The van der Waals surface area contributed by atoms with Gasteiger partial charge < -0.3 is 15.9 Å². The second kappa shape index (κ2) is 7.26. The molecule has 1 aliphatic rings. The lowest BCUT2D eigenvalue weighted by Crippen LogP contribution is -2.14. The maximum Gasteiger partial charge on any atom is 0.157 e. The fourth-order valence-electron chi connectivity index (χ4n) is 2.98. The van der Waals surface area contributed by atoms with Crippen LogP contribution in [-0.4, -0.2) is 20.4 Å². The van der Waals surface area contributed by atoms with Gasteiger partial charge >= 0.3 is 0 Å². The Kier molecular flexibility index (Phi) is 4.66. The van der Waals surface area contributed by atoms with Gasteiger partial charge in [0.2, 0.25) is 0 Å². The highest BCUT2D eigenvalue weighted by Gasteiger charge is 2.26. The van der Waals surface area contributed by atoms with Crippen molar-refractivity contribution in [2.75, 3.05) is 5.32 Å². The zero-order chi connectivity index (χ0) is 18.8. The predicted molar refractivity (Wildman–Crippen MR) is 105 cm³/mol. The van der Waals surface area contributed by atoms with Gasteiger partial charge in [0.15, 0.2) is 5.65 Å². The predicted octanol–water partition coefficient (Wildman–Crippen LogP) is 3.41. The highest BCUT2D eigenvalue weighted by atomic mass is 16.6. The number of amidine groups is 1. The first-order chi connectivity index (χ1) is 13.1. The summed E-state index contributed by atoms with van der Waals surface area (Å²) in [7, 11) is 0. The van der Waals surface area contributed by atoms with Crippen molar-refractivity contribution in [3.05, 3.63) is 59.4 Å². The molecule has 1 atom stereocenters. The molecule has 27 heavy (non-hydrogen) atoms. The summed E-state index contributed by atoms with van der Waals surface area (Å²) in [5.41, 5.74) is 9.86. The first kappa shape index (κ1) is 17.3. The topological polar surface area (TPSA) is 89.8 Å². The Morgan fingerprint density at radius 3 is 2.85 bits per heavy atom. The fourth-order valence-corrected chi connectivity index (χ4v) is 2.98. The van der Waals surface area contributed by atoms with E-state index in [1.54, 1.807) is 6.20 Å². The molecule has 0 bridgehead atoms. The van der Waals surface area contributed by atoms with E-state index in [9.17, 15) is 0 Å². The second-order valence-electron chi connectivity index (χ2n) is 7.06. The fraction of sp³-hybridized carbons (Fsp3) is 0.350. The first-order valence-corrected chi connectivity index (χ1v) is 9.22. The third kappa shape index (κ3) is 4.02. The van der Waals surface area contributed by atoms with Crippen LogP contribution in [0.1, 0.15) is 42.6 Å². The summed E-state index contributed by atoms with van der Waals surface area (Å²) in [6.07, 6.45) is 4.01. The molecule has 1 aromatic carbocycles. The van der Waals surface area contributed by atoms with Crippen LogP contribution >= 0.6 is 0 Å². The minimum Gasteiger partial charge on any atom is -0.390 e. The molecule has 140 valence electrons. The van der Waals surface area contributed by atoms with E-state index in [1.165, 1.54) is 5.56 Å². The Labute approximate surface area is 158 Å². The van der Waals surface area contributed by atoms with Crippen LogP contribution in [-0.2, 0) is 11.4 Å². The zero-order valence-corrected chi connectivity index (χ0v) is 15.6. The second-order valence-corrected chi connectivity index (χ2v) is 7.06. The molecule has 0 radical (unpaired) electrons. The van der Waals surface area contributed by atoms with E-state index in [0.717, 1.165) is 35.6 Å². The van der Waals surface area contributed by atoms with Gasteiger partial charge in [0.25, 0.3) is 0 Å². The molecule has 3 N–H and O–H groups in total. The smallest absolute Gasteiger partial charge is 0.157 e.